The molecule has 0 saturated carbocycles. The first-order chi connectivity index (χ1) is 17.8. The highest BCUT2D eigenvalue weighted by molar-refractivity contribution is 7.07. The van der Waals surface area contributed by atoms with E-state index in [0.29, 0.717) is 50.0 Å². The maximum absolute atomic E-state index is 13.8. The topological polar surface area (TPSA) is 109 Å². The number of methoxy groups -OCH3 is 2. The van der Waals surface area contributed by atoms with Gasteiger partial charge in [0.1, 0.15) is 0 Å². The number of hydrogen-bond acceptors (Lipinski definition) is 9. The van der Waals surface area contributed by atoms with Crippen molar-refractivity contribution in [3.8, 4) is 23.0 Å². The SMILES string of the molecule is CCOC(=O)C1=C(C)N=c2s/c(=C\c3ccc(O)c(OC)c3)c(=O)n2[C@H]1c1ccc(OC)c(OCC)c1. The average Bonchev–Trinajstić information content (AvgIpc) is 3.18. The van der Waals surface area contributed by atoms with E-state index in [-0.39, 0.29) is 23.5 Å². The minimum absolute atomic E-state index is 0.000390. The molecule has 0 spiro atoms. The Morgan fingerprint density at radius 1 is 1.08 bits per heavy atom. The summed E-state index contributed by atoms with van der Waals surface area (Å²) in [6.07, 6.45) is 1.70. The van der Waals surface area contributed by atoms with Crippen molar-refractivity contribution in [2.75, 3.05) is 27.4 Å². The van der Waals surface area contributed by atoms with E-state index in [2.05, 4.69) is 4.99 Å². The highest BCUT2D eigenvalue weighted by Gasteiger charge is 2.34. The smallest absolute Gasteiger partial charge is 0.338 e. The number of fused-ring (bicyclic) bond motifs is 1. The molecule has 194 valence electrons. The molecule has 3 aromatic rings. The summed E-state index contributed by atoms with van der Waals surface area (Å²) in [6.45, 7) is 5.92. The average molecular weight is 525 g/mol. The van der Waals surface area contributed by atoms with Crippen LogP contribution in [0.1, 0.15) is 37.9 Å². The summed E-state index contributed by atoms with van der Waals surface area (Å²) in [5.41, 5.74) is 1.75. The number of phenols is 1. The second kappa shape index (κ2) is 10.9. The lowest BCUT2D eigenvalue weighted by atomic mass is 9.95. The van der Waals surface area contributed by atoms with Crippen LogP contribution in [-0.2, 0) is 9.53 Å². The van der Waals surface area contributed by atoms with E-state index in [1.807, 2.05) is 6.92 Å². The van der Waals surface area contributed by atoms with E-state index in [4.69, 9.17) is 18.9 Å². The number of esters is 1. The van der Waals surface area contributed by atoms with Gasteiger partial charge in [-0.3, -0.25) is 9.36 Å². The number of thiazole rings is 1. The first-order valence-electron chi connectivity index (χ1n) is 11.7. The molecule has 0 amide bonds. The Morgan fingerprint density at radius 2 is 1.84 bits per heavy atom. The Labute approximate surface area is 217 Å². The highest BCUT2D eigenvalue weighted by Crippen LogP contribution is 2.36. The Bertz CT molecular complexity index is 1550. The normalized spacial score (nSPS) is 15.2. The van der Waals surface area contributed by atoms with Gasteiger partial charge < -0.3 is 24.1 Å². The second-order valence-electron chi connectivity index (χ2n) is 8.08. The van der Waals surface area contributed by atoms with Gasteiger partial charge in [-0.1, -0.05) is 23.5 Å². The third-order valence-electron chi connectivity index (χ3n) is 5.82. The van der Waals surface area contributed by atoms with Gasteiger partial charge in [-0.05, 0) is 62.2 Å². The number of carbonyl (C=O) groups excluding carboxylic acids is 1. The maximum Gasteiger partial charge on any atom is 0.338 e. The van der Waals surface area contributed by atoms with Gasteiger partial charge in [0.25, 0.3) is 5.56 Å². The Balaban J connectivity index is 1.95. The zero-order valence-corrected chi connectivity index (χ0v) is 22.0. The van der Waals surface area contributed by atoms with Crippen LogP contribution < -0.4 is 29.1 Å². The lowest BCUT2D eigenvalue weighted by Crippen LogP contribution is -2.40. The van der Waals surface area contributed by atoms with E-state index >= 15 is 0 Å². The van der Waals surface area contributed by atoms with Gasteiger partial charge in [0.15, 0.2) is 27.8 Å². The van der Waals surface area contributed by atoms with Gasteiger partial charge in [0.2, 0.25) is 0 Å². The molecular formula is C27H28N2O7S. The van der Waals surface area contributed by atoms with Crippen LogP contribution in [0.4, 0.5) is 0 Å². The fourth-order valence-corrected chi connectivity index (χ4v) is 5.22. The zero-order chi connectivity index (χ0) is 26.7. The summed E-state index contributed by atoms with van der Waals surface area (Å²) in [4.78, 5) is 31.9. The number of aromatic hydroxyl groups is 1. The fraction of sp³-hybridized carbons (Fsp3) is 0.296. The monoisotopic (exact) mass is 524 g/mol. The Kier molecular flexibility index (Phi) is 7.68. The fourth-order valence-electron chi connectivity index (χ4n) is 4.17. The number of carbonyl (C=O) groups is 1. The zero-order valence-electron chi connectivity index (χ0n) is 21.2. The van der Waals surface area contributed by atoms with Gasteiger partial charge in [-0.15, -0.1) is 0 Å². The van der Waals surface area contributed by atoms with Crippen molar-refractivity contribution in [3.05, 3.63) is 78.5 Å². The van der Waals surface area contributed by atoms with E-state index < -0.39 is 12.0 Å². The largest absolute Gasteiger partial charge is 0.504 e. The van der Waals surface area contributed by atoms with Gasteiger partial charge in [0.05, 0.1) is 49.3 Å². The first-order valence-corrected chi connectivity index (χ1v) is 12.5. The quantitative estimate of drug-likeness (QED) is 0.452. The molecule has 10 heteroatoms. The van der Waals surface area contributed by atoms with Crippen LogP contribution in [-0.4, -0.2) is 43.1 Å². The molecule has 0 unspecified atom stereocenters. The minimum Gasteiger partial charge on any atom is -0.504 e. The van der Waals surface area contributed by atoms with E-state index in [1.54, 1.807) is 57.4 Å². The summed E-state index contributed by atoms with van der Waals surface area (Å²) in [7, 11) is 3.00. The van der Waals surface area contributed by atoms with Crippen molar-refractivity contribution in [1.82, 2.24) is 4.57 Å². The van der Waals surface area contributed by atoms with Crippen LogP contribution in [0.25, 0.3) is 6.08 Å². The lowest BCUT2D eigenvalue weighted by molar-refractivity contribution is -0.139. The molecule has 1 aliphatic heterocycles. The standard InChI is InChI=1S/C27H28N2O7S/c1-6-35-21-14-17(9-11-19(21)33-4)24-23(26(32)36-7-2)15(3)28-27-29(24)25(31)22(37-27)13-16-8-10-18(30)20(12-16)34-5/h8-14,24,30H,6-7H2,1-5H3/b22-13-/t24-/m0/s1. The molecule has 1 aliphatic rings. The summed E-state index contributed by atoms with van der Waals surface area (Å²) >= 11 is 1.21. The van der Waals surface area contributed by atoms with Crippen LogP contribution in [0.5, 0.6) is 23.0 Å². The molecule has 0 bridgehead atoms. The molecule has 1 atom stereocenters. The second-order valence-corrected chi connectivity index (χ2v) is 9.09. The Morgan fingerprint density at radius 3 is 2.51 bits per heavy atom. The molecule has 0 saturated heterocycles. The van der Waals surface area contributed by atoms with Crippen molar-refractivity contribution in [2.45, 2.75) is 26.8 Å². The summed E-state index contributed by atoms with van der Waals surface area (Å²) < 4.78 is 23.6. The highest BCUT2D eigenvalue weighted by atomic mass is 32.1. The van der Waals surface area contributed by atoms with Gasteiger partial charge in [-0.2, -0.15) is 0 Å². The molecule has 0 fully saturated rings. The number of phenolic OH excluding ortho intramolecular Hbond substituents is 1. The van der Waals surface area contributed by atoms with Gasteiger partial charge in [-0.25, -0.2) is 9.79 Å². The van der Waals surface area contributed by atoms with Crippen molar-refractivity contribution in [1.29, 1.82) is 0 Å². The third-order valence-corrected chi connectivity index (χ3v) is 6.80. The summed E-state index contributed by atoms with van der Waals surface area (Å²) in [5, 5.41) is 9.92. The van der Waals surface area contributed by atoms with Crippen molar-refractivity contribution >= 4 is 23.4 Å². The van der Waals surface area contributed by atoms with Crippen LogP contribution >= 0.6 is 11.3 Å². The van der Waals surface area contributed by atoms with E-state index in [0.717, 1.165) is 0 Å². The predicted octanol–water partition coefficient (Wildman–Crippen LogP) is 2.92. The molecule has 0 aliphatic carbocycles. The van der Waals surface area contributed by atoms with Crippen LogP contribution in [0, 0.1) is 0 Å². The molecule has 2 aromatic carbocycles. The molecule has 9 nitrogen and oxygen atoms in total. The lowest BCUT2D eigenvalue weighted by Gasteiger charge is -2.25. The first kappa shape index (κ1) is 26.0. The molecule has 4 rings (SSSR count). The number of rotatable bonds is 8. The molecule has 1 aromatic heterocycles. The van der Waals surface area contributed by atoms with E-state index in [9.17, 15) is 14.7 Å². The number of aromatic nitrogens is 1. The summed E-state index contributed by atoms with van der Waals surface area (Å²) in [5.74, 6) is 0.790. The van der Waals surface area contributed by atoms with Gasteiger partial charge >= 0.3 is 5.97 Å². The number of ether oxygens (including phenoxy) is 4. The van der Waals surface area contributed by atoms with Crippen molar-refractivity contribution in [3.63, 3.8) is 0 Å². The van der Waals surface area contributed by atoms with Crippen LogP contribution in [0.3, 0.4) is 0 Å². The number of hydrogen-bond donors (Lipinski definition) is 1. The molecular weight excluding hydrogens is 496 g/mol. The maximum atomic E-state index is 13.8. The molecule has 37 heavy (non-hydrogen) atoms. The minimum atomic E-state index is -0.781. The van der Waals surface area contributed by atoms with Crippen LogP contribution in [0.2, 0.25) is 0 Å². The van der Waals surface area contributed by atoms with E-state index in [1.165, 1.54) is 29.1 Å². The summed E-state index contributed by atoms with van der Waals surface area (Å²) in [6, 6.07) is 9.35. The third kappa shape index (κ3) is 4.97. The number of nitrogens with zero attached hydrogens (tertiary/aromatic N) is 2. The molecule has 0 radical (unpaired) electrons. The van der Waals surface area contributed by atoms with Crippen molar-refractivity contribution in [2.24, 2.45) is 4.99 Å². The number of benzene rings is 2. The Hall–Kier alpha value is -4.05. The molecule has 2 heterocycles. The number of allylic oxidation sites excluding steroid dienone is 1. The van der Waals surface area contributed by atoms with Gasteiger partial charge in [0, 0.05) is 0 Å². The molecule has 1 N–H and O–H groups in total. The van der Waals surface area contributed by atoms with Crippen molar-refractivity contribution < 1.29 is 28.8 Å². The van der Waals surface area contributed by atoms with Crippen LogP contribution in [0.15, 0.2) is 57.5 Å². The predicted molar refractivity (Wildman–Crippen MR) is 139 cm³/mol.